The molecular formula is C43H26N2S. The van der Waals surface area contributed by atoms with Crippen LogP contribution in [0.3, 0.4) is 0 Å². The second kappa shape index (κ2) is 9.87. The number of pyridine rings is 1. The molecule has 0 N–H and O–H groups in total. The van der Waals surface area contributed by atoms with Gasteiger partial charge < -0.3 is 4.57 Å². The summed E-state index contributed by atoms with van der Waals surface area (Å²) in [7, 11) is 0. The summed E-state index contributed by atoms with van der Waals surface area (Å²) < 4.78 is 5.13. The van der Waals surface area contributed by atoms with Crippen LogP contribution in [0.1, 0.15) is 0 Å². The molecule has 0 saturated heterocycles. The molecule has 3 heteroatoms. The van der Waals surface area contributed by atoms with Crippen molar-refractivity contribution in [3.05, 3.63) is 158 Å². The molecule has 3 aromatic heterocycles. The number of fused-ring (bicyclic) bond motifs is 10. The molecule has 0 aliphatic rings. The Kier molecular flexibility index (Phi) is 5.48. The molecule has 0 unspecified atom stereocenters. The van der Waals surface area contributed by atoms with Gasteiger partial charge >= 0.3 is 0 Å². The standard InChI is InChI=1S/C43H26N2S/c1-2-12-27(13-3-1)41-36-25-24-33-31-16-5-8-22-38(31)45(42(33)40(36)35-18-4-7-21-37(35)44-41)29-15-10-14-28(26-29)30-19-11-20-34-32-17-6-9-23-39(32)46-43(30)34/h1-26H. The largest absolute Gasteiger partial charge is 0.309 e. The van der Waals surface area contributed by atoms with E-state index < -0.39 is 0 Å². The van der Waals surface area contributed by atoms with Gasteiger partial charge in [0.15, 0.2) is 0 Å². The average Bonchev–Trinajstić information content (AvgIpc) is 3.68. The lowest BCUT2D eigenvalue weighted by atomic mass is 9.97. The van der Waals surface area contributed by atoms with Gasteiger partial charge in [-0.05, 0) is 41.5 Å². The molecule has 0 amide bonds. The molecule has 10 rings (SSSR count). The van der Waals surface area contributed by atoms with Crippen molar-refractivity contribution in [2.45, 2.75) is 0 Å². The van der Waals surface area contributed by atoms with Gasteiger partial charge in [-0.15, -0.1) is 11.3 Å². The van der Waals surface area contributed by atoms with Crippen LogP contribution in [0.15, 0.2) is 158 Å². The molecule has 0 spiro atoms. The van der Waals surface area contributed by atoms with Crippen LogP contribution in [0.5, 0.6) is 0 Å². The quantitative estimate of drug-likeness (QED) is 0.184. The summed E-state index contributed by atoms with van der Waals surface area (Å²) >= 11 is 1.88. The fourth-order valence-electron chi connectivity index (χ4n) is 7.36. The smallest absolute Gasteiger partial charge is 0.0788 e. The van der Waals surface area contributed by atoms with E-state index in [1.54, 1.807) is 0 Å². The summed E-state index contributed by atoms with van der Waals surface area (Å²) in [6.07, 6.45) is 0. The van der Waals surface area contributed by atoms with E-state index in [1.165, 1.54) is 58.5 Å². The zero-order chi connectivity index (χ0) is 30.2. The fourth-order valence-corrected chi connectivity index (χ4v) is 8.60. The lowest BCUT2D eigenvalue weighted by molar-refractivity contribution is 1.19. The molecule has 0 saturated carbocycles. The van der Waals surface area contributed by atoms with Gasteiger partial charge in [-0.1, -0.05) is 127 Å². The average molecular weight is 603 g/mol. The van der Waals surface area contributed by atoms with Crippen LogP contribution in [0, 0.1) is 0 Å². The second-order valence-corrected chi connectivity index (χ2v) is 13.0. The lowest BCUT2D eigenvalue weighted by Crippen LogP contribution is -1.97. The van der Waals surface area contributed by atoms with E-state index in [4.69, 9.17) is 4.98 Å². The van der Waals surface area contributed by atoms with Crippen LogP contribution in [0.25, 0.3) is 91.7 Å². The van der Waals surface area contributed by atoms with Gasteiger partial charge in [-0.3, -0.25) is 0 Å². The number of aromatic nitrogens is 2. The lowest BCUT2D eigenvalue weighted by Gasteiger charge is -2.15. The summed E-state index contributed by atoms with van der Waals surface area (Å²) in [4.78, 5) is 5.23. The van der Waals surface area contributed by atoms with Gasteiger partial charge in [0, 0.05) is 58.4 Å². The van der Waals surface area contributed by atoms with Gasteiger partial charge in [0.1, 0.15) is 0 Å². The van der Waals surface area contributed by atoms with E-state index in [1.807, 2.05) is 11.3 Å². The summed E-state index contributed by atoms with van der Waals surface area (Å²) in [5.74, 6) is 0. The highest BCUT2D eigenvalue weighted by molar-refractivity contribution is 7.26. The molecule has 0 bridgehead atoms. The van der Waals surface area contributed by atoms with Crippen LogP contribution in [-0.4, -0.2) is 9.55 Å². The van der Waals surface area contributed by atoms with Gasteiger partial charge in [0.2, 0.25) is 0 Å². The number of hydrogen-bond donors (Lipinski definition) is 0. The zero-order valence-corrected chi connectivity index (χ0v) is 25.6. The molecule has 0 radical (unpaired) electrons. The number of thiophene rings is 1. The van der Waals surface area contributed by atoms with Crippen molar-refractivity contribution >= 4 is 75.0 Å². The maximum absolute atomic E-state index is 5.23. The third-order valence-corrected chi connectivity index (χ3v) is 10.6. The minimum atomic E-state index is 1.00. The number of nitrogens with zero attached hydrogens (tertiary/aromatic N) is 2. The highest BCUT2D eigenvalue weighted by atomic mass is 32.1. The summed E-state index contributed by atoms with van der Waals surface area (Å²) in [6, 6.07) is 57.0. The molecule has 2 nitrogen and oxygen atoms in total. The Balaban J connectivity index is 1.32. The van der Waals surface area contributed by atoms with Crippen molar-refractivity contribution in [1.82, 2.24) is 9.55 Å². The first kappa shape index (κ1) is 25.5. The third-order valence-electron chi connectivity index (χ3n) is 9.36. The van der Waals surface area contributed by atoms with Crippen molar-refractivity contribution < 1.29 is 0 Å². The SMILES string of the molecule is c1ccc(-c2nc3ccccc3c3c2ccc2c4ccccc4n(-c4cccc(-c5cccc6c5sc5ccccc56)c4)c23)cc1. The Morgan fingerprint density at radius 3 is 2.09 bits per heavy atom. The van der Waals surface area contributed by atoms with Crippen LogP contribution >= 0.6 is 11.3 Å². The van der Waals surface area contributed by atoms with Crippen molar-refractivity contribution in [3.8, 4) is 28.1 Å². The number of para-hydroxylation sites is 2. The monoisotopic (exact) mass is 602 g/mol. The van der Waals surface area contributed by atoms with Gasteiger partial charge in [-0.2, -0.15) is 0 Å². The molecule has 214 valence electrons. The van der Waals surface area contributed by atoms with E-state index >= 15 is 0 Å². The Morgan fingerprint density at radius 1 is 0.478 bits per heavy atom. The number of benzene rings is 7. The van der Waals surface area contributed by atoms with E-state index in [0.29, 0.717) is 0 Å². The van der Waals surface area contributed by atoms with Crippen molar-refractivity contribution in [2.24, 2.45) is 0 Å². The molecule has 10 aromatic rings. The first-order chi connectivity index (χ1) is 22.8. The van der Waals surface area contributed by atoms with Gasteiger partial charge in [0.25, 0.3) is 0 Å². The van der Waals surface area contributed by atoms with Crippen LogP contribution in [0.4, 0.5) is 0 Å². The fraction of sp³-hybridized carbons (Fsp3) is 0. The maximum Gasteiger partial charge on any atom is 0.0788 e. The molecule has 0 aliphatic carbocycles. The zero-order valence-electron chi connectivity index (χ0n) is 24.8. The third kappa shape index (κ3) is 3.67. The molecule has 0 aliphatic heterocycles. The Bertz CT molecular complexity index is 2800. The second-order valence-electron chi connectivity index (χ2n) is 11.9. The van der Waals surface area contributed by atoms with E-state index in [2.05, 4.69) is 162 Å². The molecule has 3 heterocycles. The number of rotatable bonds is 3. The Morgan fingerprint density at radius 2 is 1.17 bits per heavy atom. The Hall–Kier alpha value is -5.77. The first-order valence-electron chi connectivity index (χ1n) is 15.6. The summed E-state index contributed by atoms with van der Waals surface area (Å²) in [6.45, 7) is 0. The highest BCUT2D eigenvalue weighted by Gasteiger charge is 2.20. The normalized spacial score (nSPS) is 11.9. The van der Waals surface area contributed by atoms with Crippen LogP contribution in [0.2, 0.25) is 0 Å². The predicted octanol–water partition coefficient (Wildman–Crippen LogP) is 12.2. The molecule has 0 fully saturated rings. The molecule has 46 heavy (non-hydrogen) atoms. The predicted molar refractivity (Wildman–Crippen MR) is 197 cm³/mol. The minimum Gasteiger partial charge on any atom is -0.309 e. The van der Waals surface area contributed by atoms with Crippen molar-refractivity contribution in [2.75, 3.05) is 0 Å². The van der Waals surface area contributed by atoms with E-state index in [0.717, 1.165) is 33.2 Å². The summed E-state index contributed by atoms with van der Waals surface area (Å²) in [5, 5.41) is 8.69. The van der Waals surface area contributed by atoms with Gasteiger partial charge in [-0.25, -0.2) is 4.98 Å². The van der Waals surface area contributed by atoms with E-state index in [9.17, 15) is 0 Å². The molecule has 7 aromatic carbocycles. The highest BCUT2D eigenvalue weighted by Crippen LogP contribution is 2.43. The van der Waals surface area contributed by atoms with Crippen LogP contribution < -0.4 is 0 Å². The van der Waals surface area contributed by atoms with Crippen molar-refractivity contribution in [1.29, 1.82) is 0 Å². The topological polar surface area (TPSA) is 17.8 Å². The van der Waals surface area contributed by atoms with Crippen molar-refractivity contribution in [3.63, 3.8) is 0 Å². The summed E-state index contributed by atoms with van der Waals surface area (Å²) in [5.41, 5.74) is 9.19. The maximum atomic E-state index is 5.23. The molecular weight excluding hydrogens is 577 g/mol. The van der Waals surface area contributed by atoms with Gasteiger partial charge in [0.05, 0.1) is 22.2 Å². The molecule has 0 atom stereocenters. The number of hydrogen-bond acceptors (Lipinski definition) is 2. The van der Waals surface area contributed by atoms with Crippen LogP contribution in [-0.2, 0) is 0 Å². The first-order valence-corrected chi connectivity index (χ1v) is 16.5. The minimum absolute atomic E-state index is 1.00. The van der Waals surface area contributed by atoms with E-state index in [-0.39, 0.29) is 0 Å². The Labute approximate surface area is 269 Å².